The van der Waals surface area contributed by atoms with Gasteiger partial charge in [0, 0.05) is 23.4 Å². The molecule has 1 heterocycles. The summed E-state index contributed by atoms with van der Waals surface area (Å²) in [7, 11) is 0. The smallest absolute Gasteiger partial charge is 0.213 e. The number of nitrogens with zero attached hydrogens (tertiary/aromatic N) is 1. The zero-order valence-corrected chi connectivity index (χ0v) is 11.2. The third kappa shape index (κ3) is 2.50. The summed E-state index contributed by atoms with van der Waals surface area (Å²) in [4.78, 5) is 3.43. The second-order valence-corrected chi connectivity index (χ2v) is 4.80. The number of rotatable bonds is 1. The van der Waals surface area contributed by atoms with Gasteiger partial charge in [-0.25, -0.2) is 4.98 Å². The summed E-state index contributed by atoms with van der Waals surface area (Å²) in [5.41, 5.74) is 0.754. The van der Waals surface area contributed by atoms with Crippen LogP contribution in [0.3, 0.4) is 0 Å². The highest BCUT2D eigenvalue weighted by molar-refractivity contribution is 6.46. The van der Waals surface area contributed by atoms with Crippen LogP contribution in [-0.2, 0) is 0 Å². The van der Waals surface area contributed by atoms with Gasteiger partial charge in [0.05, 0.1) is 20.1 Å². The fourth-order valence-corrected chi connectivity index (χ4v) is 2.31. The van der Waals surface area contributed by atoms with E-state index in [-0.39, 0.29) is 10.0 Å². The molecule has 1 aromatic carbocycles. The molecule has 2 aromatic rings. The molecule has 0 saturated heterocycles. The number of halogens is 5. The van der Waals surface area contributed by atoms with Crippen molar-refractivity contribution in [1.82, 2.24) is 4.98 Å². The molecular formula is C11H4Cl4FN. The second-order valence-electron chi connectivity index (χ2n) is 3.21. The molecule has 0 atom stereocenters. The molecule has 0 aliphatic rings. The molecule has 0 saturated carbocycles. The van der Waals surface area contributed by atoms with Crippen LogP contribution in [0.25, 0.3) is 11.1 Å². The molecule has 2 rings (SSSR count). The van der Waals surface area contributed by atoms with Gasteiger partial charge in [0.15, 0.2) is 0 Å². The largest absolute Gasteiger partial charge is 0.227 e. The molecule has 0 radical (unpaired) electrons. The number of hydrogen-bond acceptors (Lipinski definition) is 1. The molecule has 0 aliphatic heterocycles. The molecule has 0 bridgehead atoms. The number of aromatic nitrogens is 1. The summed E-state index contributed by atoms with van der Waals surface area (Å²) >= 11 is 23.9. The van der Waals surface area contributed by atoms with Crippen LogP contribution in [0, 0.1) is 5.95 Å². The average Bonchev–Trinajstić information content (AvgIpc) is 2.29. The molecule has 0 unspecified atom stereocenters. The monoisotopic (exact) mass is 309 g/mol. The number of hydrogen-bond donors (Lipinski definition) is 0. The average molecular weight is 311 g/mol. The van der Waals surface area contributed by atoms with Gasteiger partial charge in [-0.3, -0.25) is 0 Å². The molecule has 0 aliphatic carbocycles. The Hall–Kier alpha value is -0.540. The highest BCUT2D eigenvalue weighted by Crippen LogP contribution is 2.41. The lowest BCUT2D eigenvalue weighted by atomic mass is 10.1. The summed E-state index contributed by atoms with van der Waals surface area (Å²) in [6, 6.07) is 4.28. The van der Waals surface area contributed by atoms with E-state index in [1.165, 1.54) is 6.20 Å². The maximum absolute atomic E-state index is 13.1. The maximum atomic E-state index is 13.1. The van der Waals surface area contributed by atoms with Gasteiger partial charge in [-0.1, -0.05) is 46.4 Å². The van der Waals surface area contributed by atoms with Crippen molar-refractivity contribution in [3.05, 3.63) is 50.4 Å². The van der Waals surface area contributed by atoms with E-state index in [0.29, 0.717) is 21.2 Å². The summed E-state index contributed by atoms with van der Waals surface area (Å²) in [6.07, 6.45) is 1.19. The zero-order valence-electron chi connectivity index (χ0n) is 8.15. The van der Waals surface area contributed by atoms with Crippen LogP contribution in [0.5, 0.6) is 0 Å². The summed E-state index contributed by atoms with van der Waals surface area (Å²) in [5, 5.41) is 1.13. The minimum absolute atomic E-state index is 0.228. The fourth-order valence-electron chi connectivity index (χ4n) is 1.38. The molecule has 6 heteroatoms. The Bertz CT molecular complexity index is 586. The molecule has 1 aromatic heterocycles. The highest BCUT2D eigenvalue weighted by Gasteiger charge is 2.15. The van der Waals surface area contributed by atoms with Crippen molar-refractivity contribution < 1.29 is 4.39 Å². The standard InChI is InChI=1S/C11H4Cl4FN/c12-6-1-2-7(13)11(15)10(6)5-3-9(16)17-4-8(5)14/h1-4H. The van der Waals surface area contributed by atoms with Gasteiger partial charge >= 0.3 is 0 Å². The SMILES string of the molecule is Fc1cc(-c2c(Cl)ccc(Cl)c2Cl)c(Cl)cn1. The molecule has 0 spiro atoms. The van der Waals surface area contributed by atoms with Crippen LogP contribution >= 0.6 is 46.4 Å². The Labute approximate surface area is 117 Å². The first-order valence-electron chi connectivity index (χ1n) is 4.45. The minimum atomic E-state index is -0.670. The van der Waals surface area contributed by atoms with Crippen molar-refractivity contribution in [3.63, 3.8) is 0 Å². The van der Waals surface area contributed by atoms with Crippen molar-refractivity contribution in [2.24, 2.45) is 0 Å². The van der Waals surface area contributed by atoms with E-state index < -0.39 is 5.95 Å². The van der Waals surface area contributed by atoms with Gasteiger partial charge in [0.25, 0.3) is 0 Å². The molecule has 17 heavy (non-hydrogen) atoms. The van der Waals surface area contributed by atoms with Gasteiger partial charge < -0.3 is 0 Å². The van der Waals surface area contributed by atoms with Gasteiger partial charge in [-0.15, -0.1) is 0 Å². The Balaban J connectivity index is 2.76. The topological polar surface area (TPSA) is 12.9 Å². The van der Waals surface area contributed by atoms with Crippen LogP contribution in [0.2, 0.25) is 20.1 Å². The maximum Gasteiger partial charge on any atom is 0.213 e. The van der Waals surface area contributed by atoms with Crippen LogP contribution < -0.4 is 0 Å². The Kier molecular flexibility index (Phi) is 3.79. The Morgan fingerprint density at radius 2 is 1.59 bits per heavy atom. The Morgan fingerprint density at radius 3 is 2.29 bits per heavy atom. The van der Waals surface area contributed by atoms with E-state index in [0.717, 1.165) is 6.07 Å². The first kappa shape index (κ1) is 12.9. The van der Waals surface area contributed by atoms with Crippen molar-refractivity contribution in [1.29, 1.82) is 0 Å². The first-order chi connectivity index (χ1) is 8.00. The number of benzene rings is 1. The van der Waals surface area contributed by atoms with E-state index >= 15 is 0 Å². The number of pyridine rings is 1. The predicted octanol–water partition coefficient (Wildman–Crippen LogP) is 5.50. The van der Waals surface area contributed by atoms with E-state index in [2.05, 4.69) is 4.98 Å². The first-order valence-corrected chi connectivity index (χ1v) is 5.97. The fraction of sp³-hybridized carbons (Fsp3) is 0. The minimum Gasteiger partial charge on any atom is -0.227 e. The quantitative estimate of drug-likeness (QED) is 0.500. The summed E-state index contributed by atoms with van der Waals surface area (Å²) < 4.78 is 13.1. The van der Waals surface area contributed by atoms with Gasteiger partial charge in [0.1, 0.15) is 0 Å². The molecular weight excluding hydrogens is 307 g/mol. The van der Waals surface area contributed by atoms with Crippen LogP contribution in [0.15, 0.2) is 24.4 Å². The van der Waals surface area contributed by atoms with E-state index in [9.17, 15) is 4.39 Å². The van der Waals surface area contributed by atoms with E-state index in [1.54, 1.807) is 12.1 Å². The third-order valence-corrected chi connectivity index (χ3v) is 3.56. The summed E-state index contributed by atoms with van der Waals surface area (Å²) in [6.45, 7) is 0. The van der Waals surface area contributed by atoms with Gasteiger partial charge in [-0.2, -0.15) is 4.39 Å². The normalized spacial score (nSPS) is 10.6. The zero-order chi connectivity index (χ0) is 12.6. The predicted molar refractivity (Wildman–Crippen MR) is 69.7 cm³/mol. The molecule has 0 amide bonds. The third-order valence-electron chi connectivity index (χ3n) is 2.14. The van der Waals surface area contributed by atoms with Crippen molar-refractivity contribution in [3.8, 4) is 11.1 Å². The van der Waals surface area contributed by atoms with Gasteiger partial charge in [0.2, 0.25) is 5.95 Å². The lowest BCUT2D eigenvalue weighted by Gasteiger charge is -2.10. The molecule has 1 nitrogen and oxygen atoms in total. The lowest BCUT2D eigenvalue weighted by Crippen LogP contribution is -1.89. The lowest BCUT2D eigenvalue weighted by molar-refractivity contribution is 0.584. The second kappa shape index (κ2) is 4.99. The van der Waals surface area contributed by atoms with Crippen LogP contribution in [-0.4, -0.2) is 4.98 Å². The molecule has 0 N–H and O–H groups in total. The van der Waals surface area contributed by atoms with Crippen LogP contribution in [0.1, 0.15) is 0 Å². The molecule has 88 valence electrons. The summed E-state index contributed by atoms with van der Waals surface area (Å²) in [5.74, 6) is -0.670. The van der Waals surface area contributed by atoms with Crippen molar-refractivity contribution in [2.75, 3.05) is 0 Å². The van der Waals surface area contributed by atoms with Gasteiger partial charge in [-0.05, 0) is 12.1 Å². The van der Waals surface area contributed by atoms with E-state index in [1.807, 2.05) is 0 Å². The Morgan fingerprint density at radius 1 is 0.941 bits per heavy atom. The van der Waals surface area contributed by atoms with Crippen molar-refractivity contribution in [2.45, 2.75) is 0 Å². The molecule has 0 fully saturated rings. The highest BCUT2D eigenvalue weighted by atomic mass is 35.5. The van der Waals surface area contributed by atoms with Crippen LogP contribution in [0.4, 0.5) is 4.39 Å². The van der Waals surface area contributed by atoms with Crippen molar-refractivity contribution >= 4 is 46.4 Å². The van der Waals surface area contributed by atoms with E-state index in [4.69, 9.17) is 46.4 Å².